The van der Waals surface area contributed by atoms with E-state index in [4.69, 9.17) is 11.5 Å². The van der Waals surface area contributed by atoms with Crippen LogP contribution in [-0.2, 0) is 6.18 Å². The molecule has 0 aliphatic rings. The number of nitrogens with zero attached hydrogens (tertiary/aromatic N) is 2. The van der Waals surface area contributed by atoms with Crippen molar-refractivity contribution < 1.29 is 23.1 Å². The van der Waals surface area contributed by atoms with Gasteiger partial charge in [-0.15, -0.1) is 0 Å². The second-order valence-electron chi connectivity index (χ2n) is 6.67. The number of carbonyl (C=O) groups excluding carboxylic acids is 1. The van der Waals surface area contributed by atoms with E-state index in [2.05, 4.69) is 4.98 Å². The first-order valence-corrected chi connectivity index (χ1v) is 8.62. The number of nitrogens with two attached hydrogens (primary N) is 2. The number of pyridine rings is 2. The normalized spacial score (nSPS) is 11.5. The maximum absolute atomic E-state index is 13.3. The molecule has 3 aromatic rings. The zero-order chi connectivity index (χ0) is 22.4. The molecule has 0 saturated carbocycles. The van der Waals surface area contributed by atoms with Gasteiger partial charge in [-0.3, -0.25) is 19.1 Å². The third kappa shape index (κ3) is 3.47. The lowest BCUT2D eigenvalue weighted by Crippen LogP contribution is -2.28. The molecular formula is C20H17F3N4O3. The van der Waals surface area contributed by atoms with E-state index >= 15 is 0 Å². The van der Waals surface area contributed by atoms with Crippen LogP contribution >= 0.6 is 0 Å². The number of hydrogen-bond donors (Lipinski definition) is 3. The number of alkyl halides is 3. The van der Waals surface area contributed by atoms with Crippen LogP contribution in [0.3, 0.4) is 0 Å². The monoisotopic (exact) mass is 418 g/mol. The van der Waals surface area contributed by atoms with Gasteiger partial charge in [0.2, 0.25) is 0 Å². The Morgan fingerprint density at radius 3 is 2.37 bits per heavy atom. The van der Waals surface area contributed by atoms with Crippen LogP contribution in [0.2, 0.25) is 0 Å². The standard InChI is InChI=1S/C20H17F3N4O3/c1-9-3-5-14(28)10(2)16(9)27-17(24)13(18(25)29)7-12(19(27)30)11-4-6-15(26-8-11)20(21,22)23/h3-8,28H,24H2,1-2H3,(H2,25,29). The number of aromatic nitrogens is 2. The number of halogens is 3. The summed E-state index contributed by atoms with van der Waals surface area (Å²) in [4.78, 5) is 28.6. The molecule has 1 aromatic carbocycles. The minimum atomic E-state index is -4.64. The van der Waals surface area contributed by atoms with Crippen LogP contribution in [0.25, 0.3) is 16.8 Å². The average Bonchev–Trinajstić information content (AvgIpc) is 2.66. The van der Waals surface area contributed by atoms with Gasteiger partial charge in [0.05, 0.1) is 16.8 Å². The van der Waals surface area contributed by atoms with Crippen molar-refractivity contribution in [3.63, 3.8) is 0 Å². The SMILES string of the molecule is Cc1ccc(O)c(C)c1-n1c(N)c(C(N)=O)cc(-c2ccc(C(F)(F)F)nc2)c1=O. The Labute approximate surface area is 168 Å². The second kappa shape index (κ2) is 7.21. The van der Waals surface area contributed by atoms with Crippen LogP contribution < -0.4 is 17.0 Å². The number of hydrogen-bond acceptors (Lipinski definition) is 5. The molecule has 3 rings (SSSR count). The molecule has 30 heavy (non-hydrogen) atoms. The first-order chi connectivity index (χ1) is 13.9. The zero-order valence-corrected chi connectivity index (χ0v) is 15.9. The van der Waals surface area contributed by atoms with E-state index in [0.717, 1.165) is 29.0 Å². The summed E-state index contributed by atoms with van der Waals surface area (Å²) < 4.78 is 39.4. The van der Waals surface area contributed by atoms with Crippen molar-refractivity contribution >= 4 is 11.7 Å². The predicted molar refractivity (Wildman–Crippen MR) is 104 cm³/mol. The third-order valence-corrected chi connectivity index (χ3v) is 4.70. The summed E-state index contributed by atoms with van der Waals surface area (Å²) in [6.45, 7) is 3.23. The smallest absolute Gasteiger partial charge is 0.433 e. The molecule has 5 N–H and O–H groups in total. The van der Waals surface area contributed by atoms with Crippen molar-refractivity contribution in [3.8, 4) is 22.6 Å². The van der Waals surface area contributed by atoms with Gasteiger partial charge in [0.15, 0.2) is 0 Å². The highest BCUT2D eigenvalue weighted by atomic mass is 19.4. The maximum Gasteiger partial charge on any atom is 0.433 e. The van der Waals surface area contributed by atoms with E-state index in [-0.39, 0.29) is 33.9 Å². The molecule has 1 amide bonds. The number of benzene rings is 1. The fourth-order valence-corrected chi connectivity index (χ4v) is 3.15. The van der Waals surface area contributed by atoms with Crippen molar-refractivity contribution in [2.75, 3.05) is 5.73 Å². The Bertz CT molecular complexity index is 1220. The van der Waals surface area contributed by atoms with Gasteiger partial charge in [-0.05, 0) is 37.6 Å². The van der Waals surface area contributed by atoms with Crippen LogP contribution in [0.1, 0.15) is 27.2 Å². The molecule has 2 aromatic heterocycles. The highest BCUT2D eigenvalue weighted by Crippen LogP contribution is 2.31. The minimum Gasteiger partial charge on any atom is -0.508 e. The molecule has 0 bridgehead atoms. The van der Waals surface area contributed by atoms with Gasteiger partial charge in [0, 0.05) is 17.3 Å². The Hall–Kier alpha value is -3.82. The number of nitrogen functional groups attached to an aromatic ring is 1. The number of rotatable bonds is 3. The summed E-state index contributed by atoms with van der Waals surface area (Å²) >= 11 is 0. The van der Waals surface area contributed by atoms with Gasteiger partial charge >= 0.3 is 6.18 Å². The van der Waals surface area contributed by atoms with Gasteiger partial charge in [-0.25, -0.2) is 0 Å². The molecule has 0 unspecified atom stereocenters. The number of aromatic hydroxyl groups is 1. The number of phenols is 1. The number of primary amides is 1. The van der Waals surface area contributed by atoms with E-state index in [0.29, 0.717) is 11.1 Å². The Morgan fingerprint density at radius 2 is 1.83 bits per heavy atom. The van der Waals surface area contributed by atoms with E-state index < -0.39 is 23.3 Å². The molecule has 0 saturated heterocycles. The van der Waals surface area contributed by atoms with E-state index in [1.54, 1.807) is 19.9 Å². The average molecular weight is 418 g/mol. The number of phenolic OH excluding ortho intramolecular Hbond substituents is 1. The Balaban J connectivity index is 2.37. The molecule has 2 heterocycles. The Morgan fingerprint density at radius 1 is 1.17 bits per heavy atom. The van der Waals surface area contributed by atoms with Crippen LogP contribution in [-0.4, -0.2) is 20.6 Å². The third-order valence-electron chi connectivity index (χ3n) is 4.70. The molecule has 10 heteroatoms. The topological polar surface area (TPSA) is 124 Å². The molecule has 156 valence electrons. The first kappa shape index (κ1) is 20.9. The van der Waals surface area contributed by atoms with Crippen molar-refractivity contribution in [1.82, 2.24) is 9.55 Å². The van der Waals surface area contributed by atoms with Crippen LogP contribution in [0.5, 0.6) is 5.75 Å². The van der Waals surface area contributed by atoms with Crippen molar-refractivity contribution in [2.24, 2.45) is 5.73 Å². The summed E-state index contributed by atoms with van der Waals surface area (Å²) in [5, 5.41) is 10.1. The number of aryl methyl sites for hydroxylation is 1. The van der Waals surface area contributed by atoms with Crippen LogP contribution in [0.15, 0.2) is 41.3 Å². The quantitative estimate of drug-likeness (QED) is 0.603. The fourth-order valence-electron chi connectivity index (χ4n) is 3.15. The molecular weight excluding hydrogens is 401 g/mol. The number of amides is 1. The van der Waals surface area contributed by atoms with Gasteiger partial charge < -0.3 is 16.6 Å². The summed E-state index contributed by atoms with van der Waals surface area (Å²) in [6.07, 6.45) is -3.76. The van der Waals surface area contributed by atoms with Crippen LogP contribution in [0, 0.1) is 13.8 Å². The summed E-state index contributed by atoms with van der Waals surface area (Å²) in [6, 6.07) is 5.91. The maximum atomic E-state index is 13.3. The van der Waals surface area contributed by atoms with Crippen molar-refractivity contribution in [3.05, 3.63) is 69.3 Å². The van der Waals surface area contributed by atoms with Gasteiger partial charge in [-0.2, -0.15) is 13.2 Å². The van der Waals surface area contributed by atoms with E-state index in [9.17, 15) is 27.9 Å². The van der Waals surface area contributed by atoms with E-state index in [1.165, 1.54) is 6.07 Å². The molecule has 0 atom stereocenters. The largest absolute Gasteiger partial charge is 0.508 e. The molecule has 0 spiro atoms. The lowest BCUT2D eigenvalue weighted by molar-refractivity contribution is -0.141. The van der Waals surface area contributed by atoms with E-state index in [1.807, 2.05) is 0 Å². The summed E-state index contributed by atoms with van der Waals surface area (Å²) in [5.41, 5.74) is 10.4. The van der Waals surface area contributed by atoms with Gasteiger partial charge in [0.25, 0.3) is 11.5 Å². The first-order valence-electron chi connectivity index (χ1n) is 8.62. The molecule has 0 radical (unpaired) electrons. The molecule has 7 nitrogen and oxygen atoms in total. The summed E-state index contributed by atoms with van der Waals surface area (Å²) in [7, 11) is 0. The lowest BCUT2D eigenvalue weighted by Gasteiger charge is -2.19. The van der Waals surface area contributed by atoms with Crippen LogP contribution in [0.4, 0.5) is 19.0 Å². The zero-order valence-electron chi connectivity index (χ0n) is 15.9. The highest BCUT2D eigenvalue weighted by Gasteiger charge is 2.32. The molecule has 0 aliphatic carbocycles. The van der Waals surface area contributed by atoms with Gasteiger partial charge in [0.1, 0.15) is 17.3 Å². The lowest BCUT2D eigenvalue weighted by atomic mass is 10.0. The molecule has 0 aliphatic heterocycles. The number of anilines is 1. The molecule has 0 fully saturated rings. The fraction of sp³-hybridized carbons (Fsp3) is 0.150. The number of carbonyl (C=O) groups is 1. The predicted octanol–water partition coefficient (Wildman–Crippen LogP) is 2.92. The van der Waals surface area contributed by atoms with Crippen molar-refractivity contribution in [1.29, 1.82) is 0 Å². The second-order valence-corrected chi connectivity index (χ2v) is 6.67. The highest BCUT2D eigenvalue weighted by molar-refractivity contribution is 5.98. The summed E-state index contributed by atoms with van der Waals surface area (Å²) in [5.74, 6) is -1.30. The Kier molecular flexibility index (Phi) is 5.03. The minimum absolute atomic E-state index is 0.0414. The van der Waals surface area contributed by atoms with Gasteiger partial charge in [-0.1, -0.05) is 12.1 Å². The van der Waals surface area contributed by atoms with Crippen molar-refractivity contribution in [2.45, 2.75) is 20.0 Å².